The van der Waals surface area contributed by atoms with Crippen molar-refractivity contribution in [3.63, 3.8) is 0 Å². The first kappa shape index (κ1) is 11.7. The molecule has 0 saturated carbocycles. The SMILES string of the molecule is CC(C=CC(C)C(C)C)CCO. The molecule has 0 aliphatic heterocycles. The summed E-state index contributed by atoms with van der Waals surface area (Å²) in [6, 6.07) is 0. The third-order valence-electron chi connectivity index (χ3n) is 2.38. The Bertz CT molecular complexity index is 127. The molecule has 1 nitrogen and oxygen atoms in total. The van der Waals surface area contributed by atoms with Crippen LogP contribution < -0.4 is 0 Å². The van der Waals surface area contributed by atoms with Gasteiger partial charge in [-0.2, -0.15) is 0 Å². The number of aliphatic hydroxyl groups excluding tert-OH is 1. The molecule has 0 fully saturated rings. The summed E-state index contributed by atoms with van der Waals surface area (Å²) in [6.07, 6.45) is 5.34. The van der Waals surface area contributed by atoms with Gasteiger partial charge in [0.05, 0.1) is 0 Å². The quantitative estimate of drug-likeness (QED) is 0.629. The fourth-order valence-electron chi connectivity index (χ4n) is 0.887. The van der Waals surface area contributed by atoms with E-state index in [4.69, 9.17) is 5.11 Å². The van der Waals surface area contributed by atoms with E-state index in [1.807, 2.05) is 0 Å². The van der Waals surface area contributed by atoms with Crippen molar-refractivity contribution >= 4 is 0 Å². The molecule has 2 atom stereocenters. The predicted molar refractivity (Wildman–Crippen MR) is 54.0 cm³/mol. The van der Waals surface area contributed by atoms with E-state index in [2.05, 4.69) is 39.8 Å². The van der Waals surface area contributed by atoms with Crippen LogP contribution in [0, 0.1) is 17.8 Å². The zero-order chi connectivity index (χ0) is 9.56. The van der Waals surface area contributed by atoms with E-state index in [1.165, 1.54) is 0 Å². The van der Waals surface area contributed by atoms with Gasteiger partial charge in [-0.1, -0.05) is 39.8 Å². The zero-order valence-corrected chi connectivity index (χ0v) is 8.75. The summed E-state index contributed by atoms with van der Waals surface area (Å²) in [6.45, 7) is 9.12. The van der Waals surface area contributed by atoms with Crippen molar-refractivity contribution < 1.29 is 5.11 Å². The highest BCUT2D eigenvalue weighted by Gasteiger charge is 2.02. The van der Waals surface area contributed by atoms with Gasteiger partial charge in [0.2, 0.25) is 0 Å². The van der Waals surface area contributed by atoms with E-state index in [0.29, 0.717) is 24.4 Å². The molecule has 0 amide bonds. The lowest BCUT2D eigenvalue weighted by atomic mass is 9.95. The number of allylic oxidation sites excluding steroid dienone is 2. The van der Waals surface area contributed by atoms with Crippen molar-refractivity contribution in [2.24, 2.45) is 17.8 Å². The topological polar surface area (TPSA) is 20.2 Å². The van der Waals surface area contributed by atoms with Crippen LogP contribution in [0.15, 0.2) is 12.2 Å². The molecule has 0 aliphatic rings. The minimum atomic E-state index is 0.293. The summed E-state index contributed by atoms with van der Waals surface area (Å²) in [5.41, 5.74) is 0. The average molecular weight is 170 g/mol. The Hall–Kier alpha value is -0.300. The monoisotopic (exact) mass is 170 g/mol. The van der Waals surface area contributed by atoms with Gasteiger partial charge in [0.1, 0.15) is 0 Å². The van der Waals surface area contributed by atoms with Gasteiger partial charge in [-0.15, -0.1) is 0 Å². The first-order chi connectivity index (χ1) is 5.57. The molecule has 72 valence electrons. The van der Waals surface area contributed by atoms with Crippen LogP contribution >= 0.6 is 0 Å². The van der Waals surface area contributed by atoms with E-state index in [9.17, 15) is 0 Å². The third kappa shape index (κ3) is 5.36. The van der Waals surface area contributed by atoms with Crippen LogP contribution in [0.4, 0.5) is 0 Å². The lowest BCUT2D eigenvalue weighted by molar-refractivity contribution is 0.274. The minimum absolute atomic E-state index is 0.293. The summed E-state index contributed by atoms with van der Waals surface area (Å²) in [7, 11) is 0. The lowest BCUT2D eigenvalue weighted by Crippen LogP contribution is -2.01. The number of hydrogen-bond acceptors (Lipinski definition) is 1. The van der Waals surface area contributed by atoms with Crippen molar-refractivity contribution in [2.75, 3.05) is 6.61 Å². The zero-order valence-electron chi connectivity index (χ0n) is 8.75. The van der Waals surface area contributed by atoms with Gasteiger partial charge >= 0.3 is 0 Å². The molecule has 0 aromatic rings. The van der Waals surface area contributed by atoms with Crippen LogP contribution in [0.2, 0.25) is 0 Å². The van der Waals surface area contributed by atoms with Gasteiger partial charge in [-0.25, -0.2) is 0 Å². The molecule has 0 bridgehead atoms. The van der Waals surface area contributed by atoms with Gasteiger partial charge in [0, 0.05) is 6.61 Å². The summed E-state index contributed by atoms with van der Waals surface area (Å²) < 4.78 is 0. The molecule has 0 saturated heterocycles. The highest BCUT2D eigenvalue weighted by Crippen LogP contribution is 2.13. The van der Waals surface area contributed by atoms with E-state index >= 15 is 0 Å². The molecule has 0 heterocycles. The Morgan fingerprint density at radius 1 is 1.08 bits per heavy atom. The maximum Gasteiger partial charge on any atom is 0.0436 e. The van der Waals surface area contributed by atoms with E-state index in [1.54, 1.807) is 0 Å². The molecule has 0 aromatic heterocycles. The normalized spacial score (nSPS) is 17.2. The third-order valence-corrected chi connectivity index (χ3v) is 2.38. The Morgan fingerprint density at radius 2 is 1.67 bits per heavy atom. The highest BCUT2D eigenvalue weighted by molar-refractivity contribution is 4.90. The first-order valence-corrected chi connectivity index (χ1v) is 4.87. The lowest BCUT2D eigenvalue weighted by Gasteiger charge is -2.11. The average Bonchev–Trinajstić information content (AvgIpc) is 2.00. The maximum absolute atomic E-state index is 8.68. The number of aliphatic hydroxyl groups is 1. The molecule has 0 radical (unpaired) electrons. The Kier molecular flexibility index (Phi) is 6.09. The largest absolute Gasteiger partial charge is 0.396 e. The molecule has 1 heteroatoms. The van der Waals surface area contributed by atoms with Crippen LogP contribution in [0.1, 0.15) is 34.1 Å². The number of hydrogen-bond donors (Lipinski definition) is 1. The van der Waals surface area contributed by atoms with Crippen molar-refractivity contribution in [1.29, 1.82) is 0 Å². The molecule has 0 aromatic carbocycles. The minimum Gasteiger partial charge on any atom is -0.396 e. The molecular weight excluding hydrogens is 148 g/mol. The van der Waals surface area contributed by atoms with Crippen LogP contribution in [0.3, 0.4) is 0 Å². The second kappa shape index (κ2) is 6.24. The van der Waals surface area contributed by atoms with E-state index in [-0.39, 0.29) is 0 Å². The first-order valence-electron chi connectivity index (χ1n) is 4.87. The van der Waals surface area contributed by atoms with Gasteiger partial charge < -0.3 is 5.11 Å². The number of rotatable bonds is 5. The molecular formula is C11H22O. The molecule has 12 heavy (non-hydrogen) atoms. The Balaban J connectivity index is 3.72. The predicted octanol–water partition coefficient (Wildman–Crippen LogP) is 2.85. The highest BCUT2D eigenvalue weighted by atomic mass is 16.2. The molecule has 0 spiro atoms. The summed E-state index contributed by atoms with van der Waals surface area (Å²) in [4.78, 5) is 0. The molecule has 0 aliphatic carbocycles. The van der Waals surface area contributed by atoms with Gasteiger partial charge in [-0.3, -0.25) is 0 Å². The molecule has 1 N–H and O–H groups in total. The smallest absolute Gasteiger partial charge is 0.0436 e. The van der Waals surface area contributed by atoms with E-state index < -0.39 is 0 Å². The molecule has 0 rings (SSSR count). The van der Waals surface area contributed by atoms with Gasteiger partial charge in [-0.05, 0) is 24.2 Å². The summed E-state index contributed by atoms with van der Waals surface area (Å²) >= 11 is 0. The van der Waals surface area contributed by atoms with Gasteiger partial charge in [0.15, 0.2) is 0 Å². The van der Waals surface area contributed by atoms with Crippen LogP contribution in [-0.2, 0) is 0 Å². The second-order valence-corrected chi connectivity index (χ2v) is 3.98. The van der Waals surface area contributed by atoms with E-state index in [0.717, 1.165) is 6.42 Å². The van der Waals surface area contributed by atoms with Crippen molar-refractivity contribution in [1.82, 2.24) is 0 Å². The standard InChI is InChI=1S/C11H22O/c1-9(2)11(4)6-5-10(3)7-8-12/h5-6,9-12H,7-8H2,1-4H3. The van der Waals surface area contributed by atoms with Crippen molar-refractivity contribution in [3.8, 4) is 0 Å². The van der Waals surface area contributed by atoms with Crippen molar-refractivity contribution in [3.05, 3.63) is 12.2 Å². The van der Waals surface area contributed by atoms with Crippen LogP contribution in [0.5, 0.6) is 0 Å². The van der Waals surface area contributed by atoms with Crippen molar-refractivity contribution in [2.45, 2.75) is 34.1 Å². The Morgan fingerprint density at radius 3 is 2.08 bits per heavy atom. The van der Waals surface area contributed by atoms with Crippen LogP contribution in [-0.4, -0.2) is 11.7 Å². The van der Waals surface area contributed by atoms with Gasteiger partial charge in [0.25, 0.3) is 0 Å². The van der Waals surface area contributed by atoms with Crippen LogP contribution in [0.25, 0.3) is 0 Å². The Labute approximate surface area is 76.5 Å². The fourth-order valence-corrected chi connectivity index (χ4v) is 0.887. The summed E-state index contributed by atoms with van der Waals surface area (Å²) in [5.74, 6) is 1.87. The fraction of sp³-hybridized carbons (Fsp3) is 0.818. The maximum atomic E-state index is 8.68. The second-order valence-electron chi connectivity index (χ2n) is 3.98. The molecule has 2 unspecified atom stereocenters. The summed E-state index contributed by atoms with van der Waals surface area (Å²) in [5, 5.41) is 8.68.